The first-order valence-electron chi connectivity index (χ1n) is 8.12. The molecule has 0 bridgehead atoms. The number of ether oxygens (including phenoxy) is 1. The molecule has 1 aromatic rings. The maximum absolute atomic E-state index is 11.9. The molecule has 1 heterocycles. The molecule has 0 spiro atoms. The van der Waals surface area contributed by atoms with E-state index in [1.165, 1.54) is 6.42 Å². The summed E-state index contributed by atoms with van der Waals surface area (Å²) in [5.41, 5.74) is 1.04. The molecule has 126 valence electrons. The molecule has 1 aliphatic rings. The van der Waals surface area contributed by atoms with E-state index >= 15 is 0 Å². The SMILES string of the molecule is COc1ccccc1CCNC(=O)NCC(=O)N1CCCCC1. The number of methoxy groups -OCH3 is 1. The monoisotopic (exact) mass is 319 g/mol. The van der Waals surface area contributed by atoms with Gasteiger partial charge < -0.3 is 20.3 Å². The highest BCUT2D eigenvalue weighted by Crippen LogP contribution is 2.17. The lowest BCUT2D eigenvalue weighted by molar-refractivity contribution is -0.130. The van der Waals surface area contributed by atoms with Crippen LogP contribution in [0.1, 0.15) is 24.8 Å². The maximum atomic E-state index is 11.9. The molecule has 23 heavy (non-hydrogen) atoms. The van der Waals surface area contributed by atoms with E-state index in [9.17, 15) is 9.59 Å². The number of hydrogen-bond acceptors (Lipinski definition) is 3. The van der Waals surface area contributed by atoms with Gasteiger partial charge in [0, 0.05) is 19.6 Å². The van der Waals surface area contributed by atoms with Gasteiger partial charge >= 0.3 is 6.03 Å². The number of piperidine rings is 1. The minimum atomic E-state index is -0.315. The zero-order chi connectivity index (χ0) is 16.5. The van der Waals surface area contributed by atoms with Crippen molar-refractivity contribution >= 4 is 11.9 Å². The molecule has 1 aromatic carbocycles. The van der Waals surface area contributed by atoms with Gasteiger partial charge in [0.1, 0.15) is 5.75 Å². The fourth-order valence-corrected chi connectivity index (χ4v) is 2.69. The second-order valence-corrected chi connectivity index (χ2v) is 5.61. The van der Waals surface area contributed by atoms with Crippen molar-refractivity contribution in [2.45, 2.75) is 25.7 Å². The third-order valence-corrected chi connectivity index (χ3v) is 3.98. The van der Waals surface area contributed by atoms with Gasteiger partial charge in [-0.25, -0.2) is 4.79 Å². The first kappa shape index (κ1) is 17.1. The van der Waals surface area contributed by atoms with Gasteiger partial charge in [-0.3, -0.25) is 4.79 Å². The number of urea groups is 1. The minimum Gasteiger partial charge on any atom is -0.496 e. The van der Waals surface area contributed by atoms with Crippen LogP contribution in [0.3, 0.4) is 0 Å². The second kappa shape index (κ2) is 9.02. The Labute approximate surface area is 137 Å². The van der Waals surface area contributed by atoms with Crippen LogP contribution in [0, 0.1) is 0 Å². The molecule has 6 nitrogen and oxygen atoms in total. The number of hydrogen-bond donors (Lipinski definition) is 2. The van der Waals surface area contributed by atoms with Crippen LogP contribution in [0.4, 0.5) is 4.79 Å². The number of amides is 3. The van der Waals surface area contributed by atoms with E-state index in [0.717, 1.165) is 37.2 Å². The van der Waals surface area contributed by atoms with Crippen LogP contribution in [-0.2, 0) is 11.2 Å². The first-order valence-corrected chi connectivity index (χ1v) is 8.12. The summed E-state index contributed by atoms with van der Waals surface area (Å²) in [5.74, 6) is 0.805. The summed E-state index contributed by atoms with van der Waals surface area (Å²) in [6.45, 7) is 2.15. The quantitative estimate of drug-likeness (QED) is 0.836. The van der Waals surface area contributed by atoms with Gasteiger partial charge in [-0.05, 0) is 37.3 Å². The number of carbonyl (C=O) groups is 2. The average Bonchev–Trinajstić information content (AvgIpc) is 2.61. The van der Waals surface area contributed by atoms with E-state index in [0.29, 0.717) is 13.0 Å². The molecule has 3 amide bonds. The Kier molecular flexibility index (Phi) is 6.72. The predicted molar refractivity (Wildman–Crippen MR) is 88.5 cm³/mol. The first-order chi connectivity index (χ1) is 11.2. The number of carbonyl (C=O) groups excluding carboxylic acids is 2. The largest absolute Gasteiger partial charge is 0.496 e. The van der Waals surface area contributed by atoms with Crippen LogP contribution >= 0.6 is 0 Å². The van der Waals surface area contributed by atoms with E-state index in [4.69, 9.17) is 4.74 Å². The minimum absolute atomic E-state index is 0.00965. The normalized spacial score (nSPS) is 14.2. The summed E-state index contributed by atoms with van der Waals surface area (Å²) in [7, 11) is 1.63. The second-order valence-electron chi connectivity index (χ2n) is 5.61. The highest BCUT2D eigenvalue weighted by atomic mass is 16.5. The summed E-state index contributed by atoms with van der Waals surface area (Å²) < 4.78 is 5.27. The molecular formula is C17H25N3O3. The van der Waals surface area contributed by atoms with Crippen LogP contribution in [0.5, 0.6) is 5.75 Å². The molecule has 0 aliphatic carbocycles. The Balaban J connectivity index is 1.66. The Morgan fingerprint density at radius 1 is 1.13 bits per heavy atom. The zero-order valence-corrected chi connectivity index (χ0v) is 13.6. The molecular weight excluding hydrogens is 294 g/mol. The van der Waals surface area contributed by atoms with Crippen LogP contribution in [0.15, 0.2) is 24.3 Å². The van der Waals surface area contributed by atoms with Crippen molar-refractivity contribution in [2.75, 3.05) is 33.3 Å². The summed E-state index contributed by atoms with van der Waals surface area (Å²) in [4.78, 5) is 25.5. The molecule has 2 rings (SSSR count). The summed E-state index contributed by atoms with van der Waals surface area (Å²) >= 11 is 0. The van der Waals surface area contributed by atoms with E-state index < -0.39 is 0 Å². The van der Waals surface area contributed by atoms with Crippen LogP contribution < -0.4 is 15.4 Å². The van der Waals surface area contributed by atoms with E-state index in [2.05, 4.69) is 10.6 Å². The molecule has 6 heteroatoms. The Morgan fingerprint density at radius 2 is 1.87 bits per heavy atom. The topological polar surface area (TPSA) is 70.7 Å². The lowest BCUT2D eigenvalue weighted by Gasteiger charge is -2.26. The molecule has 0 atom stereocenters. The van der Waals surface area contributed by atoms with Crippen molar-refractivity contribution in [3.05, 3.63) is 29.8 Å². The van der Waals surface area contributed by atoms with Crippen molar-refractivity contribution in [1.82, 2.24) is 15.5 Å². The van der Waals surface area contributed by atoms with E-state index in [1.54, 1.807) is 7.11 Å². The van der Waals surface area contributed by atoms with Crippen LogP contribution in [0.2, 0.25) is 0 Å². The third-order valence-electron chi connectivity index (χ3n) is 3.98. The number of likely N-dealkylation sites (tertiary alicyclic amines) is 1. The maximum Gasteiger partial charge on any atom is 0.315 e. The third kappa shape index (κ3) is 5.47. The summed E-state index contributed by atoms with van der Waals surface area (Å²) in [6, 6.07) is 7.40. The smallest absolute Gasteiger partial charge is 0.315 e. The van der Waals surface area contributed by atoms with Crippen molar-refractivity contribution in [3.63, 3.8) is 0 Å². The van der Waals surface area contributed by atoms with Crippen molar-refractivity contribution in [1.29, 1.82) is 0 Å². The number of rotatable bonds is 6. The number of nitrogens with one attached hydrogen (secondary N) is 2. The molecule has 2 N–H and O–H groups in total. The van der Waals surface area contributed by atoms with Crippen molar-refractivity contribution in [3.8, 4) is 5.75 Å². The fraction of sp³-hybridized carbons (Fsp3) is 0.529. The van der Waals surface area contributed by atoms with Crippen LogP contribution in [-0.4, -0.2) is 50.1 Å². The van der Waals surface area contributed by atoms with Crippen molar-refractivity contribution in [2.24, 2.45) is 0 Å². The molecule has 0 unspecified atom stereocenters. The molecule has 0 saturated carbocycles. The molecule has 1 fully saturated rings. The van der Waals surface area contributed by atoms with Gasteiger partial charge in [-0.1, -0.05) is 18.2 Å². The standard InChI is InChI=1S/C17H25N3O3/c1-23-15-8-4-3-7-14(15)9-10-18-17(22)19-13-16(21)20-11-5-2-6-12-20/h3-4,7-8H,2,5-6,9-13H2,1H3,(H2,18,19,22). The number of para-hydroxylation sites is 1. The van der Waals surface area contributed by atoms with Gasteiger partial charge in [-0.2, -0.15) is 0 Å². The van der Waals surface area contributed by atoms with Gasteiger partial charge in [0.25, 0.3) is 0 Å². The van der Waals surface area contributed by atoms with Gasteiger partial charge in [0.05, 0.1) is 13.7 Å². The predicted octanol–water partition coefficient (Wildman–Crippen LogP) is 1.55. The number of benzene rings is 1. The van der Waals surface area contributed by atoms with Crippen LogP contribution in [0.25, 0.3) is 0 Å². The highest BCUT2D eigenvalue weighted by Gasteiger charge is 2.16. The van der Waals surface area contributed by atoms with E-state index in [-0.39, 0.29) is 18.5 Å². The zero-order valence-electron chi connectivity index (χ0n) is 13.6. The average molecular weight is 319 g/mol. The van der Waals surface area contributed by atoms with E-state index in [1.807, 2.05) is 29.2 Å². The van der Waals surface area contributed by atoms with Gasteiger partial charge in [0.2, 0.25) is 5.91 Å². The Hall–Kier alpha value is -2.24. The lowest BCUT2D eigenvalue weighted by Crippen LogP contribution is -2.45. The van der Waals surface area contributed by atoms with Gasteiger partial charge in [0.15, 0.2) is 0 Å². The van der Waals surface area contributed by atoms with Crippen molar-refractivity contribution < 1.29 is 14.3 Å². The van der Waals surface area contributed by atoms with Gasteiger partial charge in [-0.15, -0.1) is 0 Å². The Bertz CT molecular complexity index is 528. The summed E-state index contributed by atoms with van der Waals surface area (Å²) in [5, 5.41) is 5.39. The molecule has 0 aromatic heterocycles. The number of nitrogens with zero attached hydrogens (tertiary/aromatic N) is 1. The molecule has 1 aliphatic heterocycles. The summed E-state index contributed by atoms with van der Waals surface area (Å²) in [6.07, 6.45) is 3.96. The molecule has 0 radical (unpaired) electrons. The fourth-order valence-electron chi connectivity index (χ4n) is 2.69. The lowest BCUT2D eigenvalue weighted by atomic mass is 10.1. The Morgan fingerprint density at radius 3 is 2.61 bits per heavy atom. The molecule has 1 saturated heterocycles. The highest BCUT2D eigenvalue weighted by molar-refractivity contribution is 5.84.